The molecule has 2 rings (SSSR count). The Balaban J connectivity index is 2.52. The first kappa shape index (κ1) is 12.9. The predicted molar refractivity (Wildman–Crippen MR) is 62.1 cm³/mol. The fourth-order valence-electron chi connectivity index (χ4n) is 1.49. The third-order valence-corrected chi connectivity index (χ3v) is 2.44. The Hall–Kier alpha value is -2.51. The standard InChI is InChI=1S/C11H8F3N3O2/c12-11(13,14)6-1-3-7(4-2-6)17-5-8(15)9(18)16-10(17)19/h1-5H,15H2,(H,16,18,19). The van der Waals surface area contributed by atoms with Crippen molar-refractivity contribution in [1.29, 1.82) is 0 Å². The maximum atomic E-state index is 12.4. The topological polar surface area (TPSA) is 80.9 Å². The van der Waals surface area contributed by atoms with E-state index in [0.717, 1.165) is 35.0 Å². The summed E-state index contributed by atoms with van der Waals surface area (Å²) in [6.07, 6.45) is -3.39. The number of alkyl halides is 3. The first-order chi connectivity index (χ1) is 8.79. The summed E-state index contributed by atoms with van der Waals surface area (Å²) in [5.74, 6) is 0. The molecule has 0 saturated carbocycles. The van der Waals surface area contributed by atoms with Gasteiger partial charge in [0.15, 0.2) is 0 Å². The van der Waals surface area contributed by atoms with Crippen LogP contribution in [0.15, 0.2) is 40.1 Å². The van der Waals surface area contributed by atoms with Crippen LogP contribution in [0.25, 0.3) is 5.69 Å². The highest BCUT2D eigenvalue weighted by Crippen LogP contribution is 2.29. The van der Waals surface area contributed by atoms with Crippen LogP contribution in [0.1, 0.15) is 5.56 Å². The van der Waals surface area contributed by atoms with Crippen molar-refractivity contribution in [1.82, 2.24) is 9.55 Å². The highest BCUT2D eigenvalue weighted by Gasteiger charge is 2.30. The molecule has 0 spiro atoms. The average molecular weight is 271 g/mol. The predicted octanol–water partition coefficient (Wildman–Crippen LogP) is 1.13. The smallest absolute Gasteiger partial charge is 0.393 e. The highest BCUT2D eigenvalue weighted by atomic mass is 19.4. The second-order valence-electron chi connectivity index (χ2n) is 3.76. The molecule has 1 aromatic heterocycles. The SMILES string of the molecule is Nc1cn(-c2ccc(C(F)(F)F)cc2)c(=O)[nH]c1=O. The van der Waals surface area contributed by atoms with Crippen LogP contribution in [-0.2, 0) is 6.18 Å². The molecular weight excluding hydrogens is 263 g/mol. The van der Waals surface area contributed by atoms with Crippen molar-refractivity contribution in [3.05, 3.63) is 56.9 Å². The van der Waals surface area contributed by atoms with Gasteiger partial charge in [0, 0.05) is 6.20 Å². The Bertz CT molecular complexity index is 714. The molecule has 1 aromatic carbocycles. The van der Waals surface area contributed by atoms with Gasteiger partial charge in [0.2, 0.25) is 0 Å². The van der Waals surface area contributed by atoms with Crippen molar-refractivity contribution in [2.75, 3.05) is 5.73 Å². The van der Waals surface area contributed by atoms with Gasteiger partial charge in [0.1, 0.15) is 5.69 Å². The Morgan fingerprint density at radius 3 is 2.21 bits per heavy atom. The molecule has 100 valence electrons. The molecule has 1 heterocycles. The zero-order chi connectivity index (χ0) is 14.2. The van der Waals surface area contributed by atoms with Crippen LogP contribution in [-0.4, -0.2) is 9.55 Å². The van der Waals surface area contributed by atoms with Gasteiger partial charge in [0.25, 0.3) is 5.56 Å². The summed E-state index contributed by atoms with van der Waals surface area (Å²) < 4.78 is 38.1. The molecule has 0 aliphatic carbocycles. The second-order valence-corrected chi connectivity index (χ2v) is 3.76. The largest absolute Gasteiger partial charge is 0.416 e. The first-order valence-electron chi connectivity index (χ1n) is 5.08. The molecule has 3 N–H and O–H groups in total. The summed E-state index contributed by atoms with van der Waals surface area (Å²) >= 11 is 0. The Morgan fingerprint density at radius 1 is 1.11 bits per heavy atom. The minimum Gasteiger partial charge on any atom is -0.393 e. The number of rotatable bonds is 1. The van der Waals surface area contributed by atoms with E-state index < -0.39 is 23.0 Å². The Morgan fingerprint density at radius 2 is 1.68 bits per heavy atom. The van der Waals surface area contributed by atoms with E-state index >= 15 is 0 Å². The third-order valence-electron chi connectivity index (χ3n) is 2.44. The molecule has 0 aliphatic heterocycles. The monoisotopic (exact) mass is 271 g/mol. The van der Waals surface area contributed by atoms with E-state index in [0.29, 0.717) is 0 Å². The van der Waals surface area contributed by atoms with E-state index in [-0.39, 0.29) is 11.4 Å². The van der Waals surface area contributed by atoms with Crippen molar-refractivity contribution < 1.29 is 13.2 Å². The highest BCUT2D eigenvalue weighted by molar-refractivity contribution is 5.39. The Kier molecular flexibility index (Phi) is 2.93. The van der Waals surface area contributed by atoms with Gasteiger partial charge < -0.3 is 5.73 Å². The van der Waals surface area contributed by atoms with Gasteiger partial charge in [-0.05, 0) is 24.3 Å². The van der Waals surface area contributed by atoms with E-state index in [1.165, 1.54) is 0 Å². The summed E-state index contributed by atoms with van der Waals surface area (Å²) in [6, 6.07) is 3.90. The maximum Gasteiger partial charge on any atom is 0.416 e. The molecule has 0 atom stereocenters. The molecule has 0 amide bonds. The third kappa shape index (κ3) is 2.51. The van der Waals surface area contributed by atoms with Crippen molar-refractivity contribution in [2.45, 2.75) is 6.18 Å². The minimum absolute atomic E-state index is 0.168. The van der Waals surface area contributed by atoms with Crippen molar-refractivity contribution in [3.63, 3.8) is 0 Å². The van der Waals surface area contributed by atoms with Crippen LogP contribution in [0.2, 0.25) is 0 Å². The van der Waals surface area contributed by atoms with Crippen molar-refractivity contribution >= 4 is 5.69 Å². The number of nitrogens with one attached hydrogen (secondary N) is 1. The zero-order valence-corrected chi connectivity index (χ0v) is 9.36. The van der Waals surface area contributed by atoms with E-state index in [2.05, 4.69) is 0 Å². The molecule has 0 saturated heterocycles. The van der Waals surface area contributed by atoms with Crippen LogP contribution in [0.3, 0.4) is 0 Å². The molecule has 2 aromatic rings. The van der Waals surface area contributed by atoms with Crippen LogP contribution in [0.4, 0.5) is 18.9 Å². The van der Waals surface area contributed by atoms with Crippen LogP contribution in [0.5, 0.6) is 0 Å². The van der Waals surface area contributed by atoms with E-state index in [1.807, 2.05) is 4.98 Å². The first-order valence-corrected chi connectivity index (χ1v) is 5.08. The fraction of sp³-hybridized carbons (Fsp3) is 0.0909. The van der Waals surface area contributed by atoms with E-state index in [4.69, 9.17) is 5.73 Å². The van der Waals surface area contributed by atoms with Gasteiger partial charge in [-0.15, -0.1) is 0 Å². The number of H-pyrrole nitrogens is 1. The summed E-state index contributed by atoms with van der Waals surface area (Å²) in [4.78, 5) is 24.5. The molecular formula is C11H8F3N3O2. The lowest BCUT2D eigenvalue weighted by Crippen LogP contribution is -2.30. The van der Waals surface area contributed by atoms with Gasteiger partial charge in [-0.2, -0.15) is 13.2 Å². The summed E-state index contributed by atoms with van der Waals surface area (Å²) in [6.45, 7) is 0. The number of halogens is 3. The number of benzene rings is 1. The van der Waals surface area contributed by atoms with Gasteiger partial charge >= 0.3 is 11.9 Å². The lowest BCUT2D eigenvalue weighted by molar-refractivity contribution is -0.137. The van der Waals surface area contributed by atoms with Gasteiger partial charge in [-0.3, -0.25) is 14.3 Å². The number of anilines is 1. The molecule has 5 nitrogen and oxygen atoms in total. The quantitative estimate of drug-likeness (QED) is 0.815. The number of hydrogen-bond acceptors (Lipinski definition) is 3. The minimum atomic E-state index is -4.45. The maximum absolute atomic E-state index is 12.4. The number of nitrogens with two attached hydrogens (primary N) is 1. The molecule has 0 bridgehead atoms. The van der Waals surface area contributed by atoms with Crippen LogP contribution < -0.4 is 17.0 Å². The number of nitrogens with zero attached hydrogens (tertiary/aromatic N) is 1. The second kappa shape index (κ2) is 4.30. The molecule has 19 heavy (non-hydrogen) atoms. The van der Waals surface area contributed by atoms with Crippen molar-refractivity contribution in [2.24, 2.45) is 0 Å². The zero-order valence-electron chi connectivity index (χ0n) is 9.36. The van der Waals surface area contributed by atoms with Crippen molar-refractivity contribution in [3.8, 4) is 5.69 Å². The van der Waals surface area contributed by atoms with Gasteiger partial charge in [-0.1, -0.05) is 0 Å². The molecule has 8 heteroatoms. The van der Waals surface area contributed by atoms with E-state index in [9.17, 15) is 22.8 Å². The molecule has 0 aliphatic rings. The van der Waals surface area contributed by atoms with Crippen LogP contribution in [0, 0.1) is 0 Å². The van der Waals surface area contributed by atoms with Gasteiger partial charge in [0.05, 0.1) is 11.3 Å². The van der Waals surface area contributed by atoms with Crippen LogP contribution >= 0.6 is 0 Å². The lowest BCUT2D eigenvalue weighted by Gasteiger charge is -2.09. The number of hydrogen-bond donors (Lipinski definition) is 2. The number of nitrogen functional groups attached to an aromatic ring is 1. The molecule has 0 unspecified atom stereocenters. The normalized spacial score (nSPS) is 11.5. The van der Waals surface area contributed by atoms with E-state index in [1.54, 1.807) is 0 Å². The average Bonchev–Trinajstić information content (AvgIpc) is 2.33. The fourth-order valence-corrected chi connectivity index (χ4v) is 1.49. The van der Waals surface area contributed by atoms with Gasteiger partial charge in [-0.25, -0.2) is 4.79 Å². The number of aromatic amines is 1. The summed E-state index contributed by atoms with van der Waals surface area (Å²) in [5, 5.41) is 0. The summed E-state index contributed by atoms with van der Waals surface area (Å²) in [7, 11) is 0. The summed E-state index contributed by atoms with van der Waals surface area (Å²) in [5.41, 5.74) is 2.95. The lowest BCUT2D eigenvalue weighted by atomic mass is 10.2. The molecule has 0 radical (unpaired) electrons. The number of aromatic nitrogens is 2. The Labute approximate surface area is 104 Å². The molecule has 0 fully saturated rings.